The summed E-state index contributed by atoms with van der Waals surface area (Å²) >= 11 is 1.75. The lowest BCUT2D eigenvalue weighted by molar-refractivity contribution is 1.78. The van der Waals surface area contributed by atoms with Crippen LogP contribution < -0.4 is 11.5 Å². The van der Waals surface area contributed by atoms with Crippen LogP contribution in [0.4, 0.5) is 11.4 Å². The van der Waals surface area contributed by atoms with Gasteiger partial charge >= 0.3 is 0 Å². The first-order chi connectivity index (χ1) is 7.24. The molecule has 3 heteroatoms. The summed E-state index contributed by atoms with van der Waals surface area (Å²) in [5.74, 6) is 0. The van der Waals surface area contributed by atoms with E-state index in [1.54, 1.807) is 11.3 Å². The highest BCUT2D eigenvalue weighted by Gasteiger charge is 2.04. The summed E-state index contributed by atoms with van der Waals surface area (Å²) < 4.78 is 2.47. The number of benzene rings is 2. The maximum Gasteiger partial charge on any atom is 0.0375 e. The Morgan fingerprint density at radius 3 is 2.33 bits per heavy atom. The third kappa shape index (κ3) is 1.24. The fourth-order valence-corrected chi connectivity index (χ4v) is 2.95. The second-order valence-corrected chi connectivity index (χ2v) is 4.70. The maximum atomic E-state index is 5.78. The van der Waals surface area contributed by atoms with Gasteiger partial charge in [-0.25, -0.2) is 0 Å². The van der Waals surface area contributed by atoms with Crippen molar-refractivity contribution < 1.29 is 0 Å². The van der Waals surface area contributed by atoms with Gasteiger partial charge in [0.2, 0.25) is 0 Å². The van der Waals surface area contributed by atoms with E-state index in [1.807, 2.05) is 24.3 Å². The largest absolute Gasteiger partial charge is 0.399 e. The molecule has 0 spiro atoms. The van der Waals surface area contributed by atoms with E-state index >= 15 is 0 Å². The molecule has 15 heavy (non-hydrogen) atoms. The molecule has 0 radical (unpaired) electrons. The zero-order valence-electron chi connectivity index (χ0n) is 8.03. The molecule has 1 aromatic heterocycles. The van der Waals surface area contributed by atoms with Crippen LogP contribution in [0.15, 0.2) is 36.4 Å². The number of fused-ring (bicyclic) bond motifs is 3. The minimum atomic E-state index is 0.805. The lowest BCUT2D eigenvalue weighted by Crippen LogP contribution is -1.82. The number of anilines is 2. The van der Waals surface area contributed by atoms with Gasteiger partial charge in [0, 0.05) is 31.5 Å². The molecule has 0 saturated carbocycles. The molecule has 0 aliphatic heterocycles. The zero-order chi connectivity index (χ0) is 10.4. The van der Waals surface area contributed by atoms with Crippen LogP contribution in [0.1, 0.15) is 0 Å². The van der Waals surface area contributed by atoms with E-state index < -0.39 is 0 Å². The Morgan fingerprint density at radius 1 is 0.733 bits per heavy atom. The van der Waals surface area contributed by atoms with Crippen molar-refractivity contribution in [1.82, 2.24) is 0 Å². The Labute approximate surface area is 91.1 Å². The number of rotatable bonds is 0. The molecule has 3 rings (SSSR count). The molecule has 0 atom stereocenters. The first kappa shape index (κ1) is 8.56. The monoisotopic (exact) mass is 214 g/mol. The molecule has 2 aromatic carbocycles. The first-order valence-electron chi connectivity index (χ1n) is 4.71. The fraction of sp³-hybridized carbons (Fsp3) is 0. The molecule has 3 aromatic rings. The van der Waals surface area contributed by atoms with Crippen LogP contribution in [0.25, 0.3) is 20.2 Å². The molecule has 74 valence electrons. The van der Waals surface area contributed by atoms with Gasteiger partial charge in [-0.15, -0.1) is 11.3 Å². The lowest BCUT2D eigenvalue weighted by atomic mass is 10.1. The summed E-state index contributed by atoms with van der Waals surface area (Å²) in [5, 5.41) is 2.45. The highest BCUT2D eigenvalue weighted by molar-refractivity contribution is 7.25. The van der Waals surface area contributed by atoms with Gasteiger partial charge in [0.25, 0.3) is 0 Å². The Balaban J connectivity index is 2.53. The van der Waals surface area contributed by atoms with Crippen LogP contribution in [-0.2, 0) is 0 Å². The Hall–Kier alpha value is -1.74. The average molecular weight is 214 g/mol. The molecular weight excluding hydrogens is 204 g/mol. The second-order valence-electron chi connectivity index (χ2n) is 3.61. The summed E-state index contributed by atoms with van der Waals surface area (Å²) in [4.78, 5) is 0. The number of hydrogen-bond donors (Lipinski definition) is 2. The minimum Gasteiger partial charge on any atom is -0.399 e. The van der Waals surface area contributed by atoms with Crippen molar-refractivity contribution in [2.75, 3.05) is 11.5 Å². The SMILES string of the molecule is Nc1ccc2c(c1)sc1ccc(N)cc12. The van der Waals surface area contributed by atoms with Gasteiger partial charge in [-0.1, -0.05) is 6.07 Å². The molecule has 0 fully saturated rings. The van der Waals surface area contributed by atoms with Gasteiger partial charge in [0.1, 0.15) is 0 Å². The van der Waals surface area contributed by atoms with Crippen molar-refractivity contribution in [2.45, 2.75) is 0 Å². The molecule has 0 unspecified atom stereocenters. The first-order valence-corrected chi connectivity index (χ1v) is 5.53. The predicted octanol–water partition coefficient (Wildman–Crippen LogP) is 3.22. The van der Waals surface area contributed by atoms with Crippen molar-refractivity contribution in [3.8, 4) is 0 Å². The fourth-order valence-electron chi connectivity index (χ4n) is 1.81. The topological polar surface area (TPSA) is 52.0 Å². The van der Waals surface area contributed by atoms with Crippen LogP contribution in [0.5, 0.6) is 0 Å². The Morgan fingerprint density at radius 2 is 1.47 bits per heavy atom. The average Bonchev–Trinajstić information content (AvgIpc) is 2.54. The van der Waals surface area contributed by atoms with Gasteiger partial charge < -0.3 is 11.5 Å². The smallest absolute Gasteiger partial charge is 0.0375 e. The molecule has 0 amide bonds. The van der Waals surface area contributed by atoms with Crippen molar-refractivity contribution in [2.24, 2.45) is 0 Å². The normalized spacial score (nSPS) is 11.2. The van der Waals surface area contributed by atoms with Crippen LogP contribution in [-0.4, -0.2) is 0 Å². The van der Waals surface area contributed by atoms with Crippen molar-refractivity contribution in [3.63, 3.8) is 0 Å². The van der Waals surface area contributed by atoms with Crippen molar-refractivity contribution >= 4 is 42.9 Å². The van der Waals surface area contributed by atoms with E-state index in [9.17, 15) is 0 Å². The van der Waals surface area contributed by atoms with E-state index in [0.29, 0.717) is 0 Å². The van der Waals surface area contributed by atoms with Gasteiger partial charge in [-0.2, -0.15) is 0 Å². The van der Waals surface area contributed by atoms with E-state index in [1.165, 1.54) is 20.2 Å². The van der Waals surface area contributed by atoms with Crippen molar-refractivity contribution in [3.05, 3.63) is 36.4 Å². The highest BCUT2D eigenvalue weighted by atomic mass is 32.1. The molecule has 0 saturated heterocycles. The van der Waals surface area contributed by atoms with E-state index in [4.69, 9.17) is 11.5 Å². The molecule has 0 bridgehead atoms. The Kier molecular flexibility index (Phi) is 1.64. The van der Waals surface area contributed by atoms with Crippen LogP contribution in [0.2, 0.25) is 0 Å². The minimum absolute atomic E-state index is 0.805. The van der Waals surface area contributed by atoms with Crippen LogP contribution >= 0.6 is 11.3 Å². The summed E-state index contributed by atoms with van der Waals surface area (Å²) in [7, 11) is 0. The van der Waals surface area contributed by atoms with E-state index in [2.05, 4.69) is 12.1 Å². The lowest BCUT2D eigenvalue weighted by Gasteiger charge is -1.94. The van der Waals surface area contributed by atoms with E-state index in [0.717, 1.165) is 11.4 Å². The molecule has 0 aliphatic rings. The van der Waals surface area contributed by atoms with Gasteiger partial charge in [0.15, 0.2) is 0 Å². The number of thiophene rings is 1. The standard InChI is InChI=1S/C12H10N2S/c13-7-2-4-11-10(5-7)9-3-1-8(14)6-12(9)15-11/h1-6H,13-14H2. The second kappa shape index (κ2) is 2.87. The van der Waals surface area contributed by atoms with Crippen LogP contribution in [0.3, 0.4) is 0 Å². The summed E-state index contributed by atoms with van der Waals surface area (Å²) in [5.41, 5.74) is 13.2. The highest BCUT2D eigenvalue weighted by Crippen LogP contribution is 2.35. The third-order valence-electron chi connectivity index (χ3n) is 2.52. The molecule has 4 N–H and O–H groups in total. The maximum absolute atomic E-state index is 5.78. The van der Waals surface area contributed by atoms with Gasteiger partial charge in [-0.05, 0) is 30.3 Å². The van der Waals surface area contributed by atoms with Gasteiger partial charge in [0.05, 0.1) is 0 Å². The van der Waals surface area contributed by atoms with Gasteiger partial charge in [-0.3, -0.25) is 0 Å². The van der Waals surface area contributed by atoms with Crippen molar-refractivity contribution in [1.29, 1.82) is 0 Å². The zero-order valence-corrected chi connectivity index (χ0v) is 8.84. The predicted molar refractivity (Wildman–Crippen MR) is 68.2 cm³/mol. The summed E-state index contributed by atoms with van der Waals surface area (Å²) in [6.45, 7) is 0. The summed E-state index contributed by atoms with van der Waals surface area (Å²) in [6.07, 6.45) is 0. The summed E-state index contributed by atoms with van der Waals surface area (Å²) in [6, 6.07) is 12.0. The Bertz CT molecular complexity index is 655. The number of nitrogen functional groups attached to an aromatic ring is 2. The van der Waals surface area contributed by atoms with E-state index in [-0.39, 0.29) is 0 Å². The molecule has 0 aliphatic carbocycles. The number of nitrogens with two attached hydrogens (primary N) is 2. The van der Waals surface area contributed by atoms with Crippen LogP contribution in [0, 0.1) is 0 Å². The third-order valence-corrected chi connectivity index (χ3v) is 3.65. The number of hydrogen-bond acceptors (Lipinski definition) is 3. The quantitative estimate of drug-likeness (QED) is 0.564. The molecule has 1 heterocycles. The molecular formula is C12H10N2S. The molecule has 2 nitrogen and oxygen atoms in total.